The van der Waals surface area contributed by atoms with E-state index in [1.54, 1.807) is 13.0 Å². The first-order chi connectivity index (χ1) is 7.22. The van der Waals surface area contributed by atoms with Crippen molar-refractivity contribution in [2.75, 3.05) is 6.61 Å². The summed E-state index contributed by atoms with van der Waals surface area (Å²) in [5.41, 5.74) is 0.669. The van der Waals surface area contributed by atoms with Crippen LogP contribution >= 0.6 is 22.9 Å². The van der Waals surface area contributed by atoms with Crippen molar-refractivity contribution in [3.05, 3.63) is 22.4 Å². The highest BCUT2D eigenvalue weighted by Gasteiger charge is 2.13. The minimum absolute atomic E-state index is 0.350. The zero-order valence-electron chi connectivity index (χ0n) is 7.86. The average Bonchev–Trinajstić information content (AvgIpc) is 2.63. The van der Waals surface area contributed by atoms with Crippen LogP contribution in [0.5, 0.6) is 0 Å². The summed E-state index contributed by atoms with van der Waals surface area (Å²) in [7, 11) is 0. The van der Waals surface area contributed by atoms with E-state index in [-0.39, 0.29) is 5.97 Å². The van der Waals surface area contributed by atoms with Gasteiger partial charge in [-0.2, -0.15) is 0 Å². The molecular formula is C9H7ClN2O2S. The Kier molecular flexibility index (Phi) is 2.83. The molecule has 0 saturated carbocycles. The molecule has 0 aliphatic rings. The van der Waals surface area contributed by atoms with Crippen molar-refractivity contribution in [2.24, 2.45) is 0 Å². The molecule has 6 heteroatoms. The number of fused-ring (bicyclic) bond motifs is 1. The molecule has 0 fully saturated rings. The first-order valence-corrected chi connectivity index (χ1v) is 5.49. The summed E-state index contributed by atoms with van der Waals surface area (Å²) in [5, 5.41) is 0.362. The standard InChI is InChI=1S/C9H7ClN2O2S/c1-2-14-9(13)6-3-5-7(15-6)8(10)12-4-11-5/h3-4H,2H2,1H3. The van der Waals surface area contributed by atoms with Crippen LogP contribution in [0.2, 0.25) is 5.15 Å². The summed E-state index contributed by atoms with van der Waals surface area (Å²) in [4.78, 5) is 19.8. The van der Waals surface area contributed by atoms with Crippen molar-refractivity contribution in [3.8, 4) is 0 Å². The molecule has 0 aliphatic carbocycles. The summed E-state index contributed by atoms with van der Waals surface area (Å²) >= 11 is 7.10. The number of halogens is 1. The van der Waals surface area contributed by atoms with Crippen LogP contribution in [-0.2, 0) is 4.74 Å². The van der Waals surface area contributed by atoms with Gasteiger partial charge < -0.3 is 4.74 Å². The highest BCUT2D eigenvalue weighted by molar-refractivity contribution is 7.21. The van der Waals surface area contributed by atoms with E-state index >= 15 is 0 Å². The normalized spacial score (nSPS) is 10.5. The Labute approximate surface area is 94.9 Å². The fourth-order valence-electron chi connectivity index (χ4n) is 1.13. The first-order valence-electron chi connectivity index (χ1n) is 4.29. The SMILES string of the molecule is CCOC(=O)c1cc2ncnc(Cl)c2s1. The van der Waals surface area contributed by atoms with Crippen LogP contribution in [0.3, 0.4) is 0 Å². The van der Waals surface area contributed by atoms with Gasteiger partial charge in [-0.25, -0.2) is 14.8 Å². The van der Waals surface area contributed by atoms with Crippen molar-refractivity contribution in [1.82, 2.24) is 9.97 Å². The van der Waals surface area contributed by atoms with Crippen LogP contribution in [0, 0.1) is 0 Å². The molecular weight excluding hydrogens is 236 g/mol. The Morgan fingerprint density at radius 3 is 3.07 bits per heavy atom. The number of hydrogen-bond acceptors (Lipinski definition) is 5. The Hall–Kier alpha value is -1.20. The van der Waals surface area contributed by atoms with E-state index in [9.17, 15) is 4.79 Å². The van der Waals surface area contributed by atoms with Gasteiger partial charge in [0.1, 0.15) is 16.4 Å². The molecule has 4 nitrogen and oxygen atoms in total. The van der Waals surface area contributed by atoms with E-state index in [0.717, 1.165) is 0 Å². The molecule has 2 aromatic heterocycles. The van der Waals surface area contributed by atoms with E-state index in [1.165, 1.54) is 17.7 Å². The van der Waals surface area contributed by atoms with E-state index in [1.807, 2.05) is 0 Å². The van der Waals surface area contributed by atoms with Crippen molar-refractivity contribution in [3.63, 3.8) is 0 Å². The lowest BCUT2D eigenvalue weighted by atomic mass is 10.4. The highest BCUT2D eigenvalue weighted by atomic mass is 35.5. The van der Waals surface area contributed by atoms with Gasteiger partial charge in [0.05, 0.1) is 16.8 Å². The summed E-state index contributed by atoms with van der Waals surface area (Å²) in [5.74, 6) is -0.350. The zero-order chi connectivity index (χ0) is 10.8. The maximum Gasteiger partial charge on any atom is 0.348 e. The van der Waals surface area contributed by atoms with Crippen LogP contribution in [0.4, 0.5) is 0 Å². The molecule has 0 unspecified atom stereocenters. The second-order valence-electron chi connectivity index (χ2n) is 2.71. The number of ether oxygens (including phenoxy) is 1. The lowest BCUT2D eigenvalue weighted by Crippen LogP contribution is -2.01. The van der Waals surface area contributed by atoms with Crippen molar-refractivity contribution in [2.45, 2.75) is 6.92 Å². The minimum Gasteiger partial charge on any atom is -0.462 e. The minimum atomic E-state index is -0.350. The molecule has 0 radical (unpaired) electrons. The largest absolute Gasteiger partial charge is 0.462 e. The summed E-state index contributed by atoms with van der Waals surface area (Å²) < 4.78 is 5.59. The molecule has 15 heavy (non-hydrogen) atoms. The summed E-state index contributed by atoms with van der Waals surface area (Å²) in [6.45, 7) is 2.12. The van der Waals surface area contributed by atoms with E-state index in [4.69, 9.17) is 16.3 Å². The molecule has 0 bridgehead atoms. The second kappa shape index (κ2) is 4.12. The van der Waals surface area contributed by atoms with E-state index < -0.39 is 0 Å². The fraction of sp³-hybridized carbons (Fsp3) is 0.222. The van der Waals surface area contributed by atoms with Crippen LogP contribution in [0.25, 0.3) is 10.2 Å². The van der Waals surface area contributed by atoms with Gasteiger partial charge in [-0.05, 0) is 13.0 Å². The number of hydrogen-bond donors (Lipinski definition) is 0. The third kappa shape index (κ3) is 1.93. The smallest absolute Gasteiger partial charge is 0.348 e. The summed E-state index contributed by atoms with van der Waals surface area (Å²) in [6, 6.07) is 1.66. The van der Waals surface area contributed by atoms with Gasteiger partial charge in [0.15, 0.2) is 0 Å². The predicted molar refractivity (Wildman–Crippen MR) is 58.4 cm³/mol. The highest BCUT2D eigenvalue weighted by Crippen LogP contribution is 2.28. The second-order valence-corrected chi connectivity index (χ2v) is 4.12. The van der Waals surface area contributed by atoms with Gasteiger partial charge >= 0.3 is 5.97 Å². The van der Waals surface area contributed by atoms with Gasteiger partial charge in [0, 0.05) is 0 Å². The van der Waals surface area contributed by atoms with E-state index in [0.29, 0.717) is 26.9 Å². The molecule has 0 atom stereocenters. The molecule has 2 heterocycles. The first kappa shape index (κ1) is 10.3. The Balaban J connectivity index is 2.47. The molecule has 0 aromatic carbocycles. The zero-order valence-corrected chi connectivity index (χ0v) is 9.43. The third-order valence-corrected chi connectivity index (χ3v) is 3.25. The molecule has 0 spiro atoms. The Morgan fingerprint density at radius 2 is 2.40 bits per heavy atom. The molecule has 0 amide bonds. The molecule has 2 aromatic rings. The average molecular weight is 243 g/mol. The van der Waals surface area contributed by atoms with Crippen molar-refractivity contribution in [1.29, 1.82) is 0 Å². The number of nitrogens with zero attached hydrogens (tertiary/aromatic N) is 2. The number of carbonyl (C=O) groups is 1. The van der Waals surface area contributed by atoms with Crippen LogP contribution in [0.1, 0.15) is 16.6 Å². The fourth-order valence-corrected chi connectivity index (χ4v) is 2.27. The van der Waals surface area contributed by atoms with Crippen molar-refractivity contribution < 1.29 is 9.53 Å². The number of thiophene rings is 1. The van der Waals surface area contributed by atoms with E-state index in [2.05, 4.69) is 9.97 Å². The molecule has 0 N–H and O–H groups in total. The number of aromatic nitrogens is 2. The molecule has 0 aliphatic heterocycles. The Morgan fingerprint density at radius 1 is 1.60 bits per heavy atom. The molecule has 78 valence electrons. The monoisotopic (exact) mass is 242 g/mol. The predicted octanol–water partition coefficient (Wildman–Crippen LogP) is 2.52. The lowest BCUT2D eigenvalue weighted by Gasteiger charge is -1.95. The van der Waals surface area contributed by atoms with Gasteiger partial charge in [0.25, 0.3) is 0 Å². The molecule has 0 saturated heterocycles. The van der Waals surface area contributed by atoms with Crippen LogP contribution in [-0.4, -0.2) is 22.5 Å². The lowest BCUT2D eigenvalue weighted by molar-refractivity contribution is 0.0532. The number of esters is 1. The number of carbonyl (C=O) groups excluding carboxylic acids is 1. The van der Waals surface area contributed by atoms with Gasteiger partial charge in [-0.15, -0.1) is 11.3 Å². The third-order valence-electron chi connectivity index (χ3n) is 1.74. The maximum atomic E-state index is 11.4. The van der Waals surface area contributed by atoms with Crippen LogP contribution < -0.4 is 0 Å². The number of rotatable bonds is 2. The van der Waals surface area contributed by atoms with Gasteiger partial charge in [-0.1, -0.05) is 11.6 Å². The quantitative estimate of drug-likeness (QED) is 0.600. The van der Waals surface area contributed by atoms with Gasteiger partial charge in [0.2, 0.25) is 0 Å². The van der Waals surface area contributed by atoms with Gasteiger partial charge in [-0.3, -0.25) is 0 Å². The Bertz CT molecular complexity index is 512. The topological polar surface area (TPSA) is 52.1 Å². The molecule has 2 rings (SSSR count). The van der Waals surface area contributed by atoms with Crippen molar-refractivity contribution >= 4 is 39.1 Å². The summed E-state index contributed by atoms with van der Waals surface area (Å²) in [6.07, 6.45) is 1.37. The van der Waals surface area contributed by atoms with Crippen LogP contribution in [0.15, 0.2) is 12.4 Å². The maximum absolute atomic E-state index is 11.4.